The third-order valence-corrected chi connectivity index (χ3v) is 3.62. The molecule has 4 nitrogen and oxygen atoms in total. The lowest BCUT2D eigenvalue weighted by atomic mass is 10.3. The molecule has 0 fully saturated rings. The Bertz CT molecular complexity index is 597. The molecule has 16 heavy (non-hydrogen) atoms. The molecule has 3 rings (SSSR count). The molecule has 0 bridgehead atoms. The minimum Gasteiger partial charge on any atom is -0.333 e. The maximum atomic E-state index is 5.20. The molecule has 0 aromatic carbocycles. The Labute approximate surface area is 99.6 Å². The summed E-state index contributed by atoms with van der Waals surface area (Å²) in [5, 5.41) is 8.92. The Balaban J connectivity index is 2.00. The molecule has 0 N–H and O–H groups in total. The van der Waals surface area contributed by atoms with Gasteiger partial charge in [-0.25, -0.2) is 4.98 Å². The summed E-state index contributed by atoms with van der Waals surface area (Å²) in [6.45, 7) is 1.95. The first-order valence-corrected chi connectivity index (χ1v) is 6.38. The number of hydrogen-bond donors (Lipinski definition) is 0. The maximum absolute atomic E-state index is 5.20. The van der Waals surface area contributed by atoms with Crippen molar-refractivity contribution < 1.29 is 4.52 Å². The number of nitrogens with zero attached hydrogens (tertiary/aromatic N) is 3. The van der Waals surface area contributed by atoms with Gasteiger partial charge in [0, 0.05) is 10.9 Å². The molecule has 0 aliphatic heterocycles. The van der Waals surface area contributed by atoms with Gasteiger partial charge in [-0.15, -0.1) is 11.3 Å². The second-order valence-corrected chi connectivity index (χ2v) is 5.19. The van der Waals surface area contributed by atoms with E-state index < -0.39 is 0 Å². The summed E-state index contributed by atoms with van der Waals surface area (Å²) in [6, 6.07) is 1.97. The van der Waals surface area contributed by atoms with Crippen molar-refractivity contribution in [3.05, 3.63) is 28.0 Å². The fourth-order valence-corrected chi connectivity index (χ4v) is 2.63. The van der Waals surface area contributed by atoms with Crippen molar-refractivity contribution in [3.8, 4) is 22.2 Å². The average Bonchev–Trinajstić information content (AvgIpc) is 2.97. The van der Waals surface area contributed by atoms with Gasteiger partial charge in [-0.3, -0.25) is 0 Å². The highest BCUT2D eigenvalue weighted by Crippen LogP contribution is 2.27. The van der Waals surface area contributed by atoms with Crippen LogP contribution in [0.2, 0.25) is 0 Å². The van der Waals surface area contributed by atoms with Gasteiger partial charge < -0.3 is 4.52 Å². The van der Waals surface area contributed by atoms with Gasteiger partial charge in [0.05, 0.1) is 11.2 Å². The zero-order valence-electron chi connectivity index (χ0n) is 8.38. The Morgan fingerprint density at radius 2 is 2.31 bits per heavy atom. The quantitative estimate of drug-likeness (QED) is 0.699. The average molecular weight is 249 g/mol. The van der Waals surface area contributed by atoms with E-state index in [2.05, 4.69) is 15.1 Å². The van der Waals surface area contributed by atoms with Crippen LogP contribution in [0.1, 0.15) is 5.01 Å². The molecule has 0 atom stereocenters. The van der Waals surface area contributed by atoms with E-state index >= 15 is 0 Å². The summed E-state index contributed by atoms with van der Waals surface area (Å²) in [7, 11) is 0. The molecule has 0 saturated heterocycles. The molecular formula is C10H7N3OS2. The second-order valence-electron chi connectivity index (χ2n) is 3.18. The molecule has 0 spiro atoms. The third kappa shape index (κ3) is 1.66. The van der Waals surface area contributed by atoms with E-state index in [1.165, 1.54) is 0 Å². The van der Waals surface area contributed by atoms with Crippen molar-refractivity contribution >= 4 is 22.7 Å². The van der Waals surface area contributed by atoms with Crippen molar-refractivity contribution in [1.29, 1.82) is 0 Å². The molecule has 3 aromatic heterocycles. The zero-order valence-corrected chi connectivity index (χ0v) is 10.0. The van der Waals surface area contributed by atoms with Crippen LogP contribution in [0.3, 0.4) is 0 Å². The molecule has 0 aliphatic carbocycles. The van der Waals surface area contributed by atoms with E-state index in [9.17, 15) is 0 Å². The monoisotopic (exact) mass is 249 g/mol. The van der Waals surface area contributed by atoms with E-state index in [4.69, 9.17) is 4.52 Å². The summed E-state index contributed by atoms with van der Waals surface area (Å²) >= 11 is 3.16. The fraction of sp³-hybridized carbons (Fsp3) is 0.100. The maximum Gasteiger partial charge on any atom is 0.269 e. The number of rotatable bonds is 2. The van der Waals surface area contributed by atoms with Crippen molar-refractivity contribution in [1.82, 2.24) is 15.1 Å². The predicted octanol–water partition coefficient (Wildman–Crippen LogP) is 3.23. The Hall–Kier alpha value is -1.53. The summed E-state index contributed by atoms with van der Waals surface area (Å²) in [6.07, 6.45) is 1.75. The van der Waals surface area contributed by atoms with Gasteiger partial charge >= 0.3 is 0 Å². The summed E-state index contributed by atoms with van der Waals surface area (Å²) in [5.74, 6) is 1.16. The van der Waals surface area contributed by atoms with Crippen LogP contribution in [0, 0.1) is 6.92 Å². The molecule has 0 unspecified atom stereocenters. The topological polar surface area (TPSA) is 51.8 Å². The van der Waals surface area contributed by atoms with Gasteiger partial charge in [-0.1, -0.05) is 5.16 Å². The van der Waals surface area contributed by atoms with E-state index in [-0.39, 0.29) is 0 Å². The van der Waals surface area contributed by atoms with Gasteiger partial charge in [0.15, 0.2) is 0 Å². The first-order chi connectivity index (χ1) is 7.83. The highest BCUT2D eigenvalue weighted by Gasteiger charge is 2.12. The van der Waals surface area contributed by atoms with E-state index in [1.807, 2.05) is 23.8 Å². The van der Waals surface area contributed by atoms with Crippen LogP contribution in [0.5, 0.6) is 0 Å². The lowest BCUT2D eigenvalue weighted by Crippen LogP contribution is -1.75. The molecule has 3 heterocycles. The largest absolute Gasteiger partial charge is 0.333 e. The fourth-order valence-electron chi connectivity index (χ4n) is 1.29. The normalized spacial score (nSPS) is 10.8. The van der Waals surface area contributed by atoms with Gasteiger partial charge in [-0.05, 0) is 18.4 Å². The Morgan fingerprint density at radius 1 is 1.38 bits per heavy atom. The minimum absolute atomic E-state index is 0.534. The Kier molecular flexibility index (Phi) is 2.30. The molecule has 3 aromatic rings. The van der Waals surface area contributed by atoms with E-state index in [0.29, 0.717) is 11.7 Å². The lowest BCUT2D eigenvalue weighted by molar-refractivity contribution is 0.433. The zero-order chi connectivity index (χ0) is 11.0. The summed E-state index contributed by atoms with van der Waals surface area (Å²) in [5.41, 5.74) is 0.987. The SMILES string of the molecule is Cc1ncc(-c2nc(-c3ccsc3)no2)s1. The number of aryl methyl sites for hydroxylation is 1. The van der Waals surface area contributed by atoms with Crippen LogP contribution < -0.4 is 0 Å². The van der Waals surface area contributed by atoms with Gasteiger partial charge in [0.25, 0.3) is 5.89 Å². The van der Waals surface area contributed by atoms with Crippen molar-refractivity contribution in [2.75, 3.05) is 0 Å². The van der Waals surface area contributed by atoms with Gasteiger partial charge in [0.1, 0.15) is 4.88 Å². The van der Waals surface area contributed by atoms with E-state index in [0.717, 1.165) is 15.4 Å². The van der Waals surface area contributed by atoms with Crippen LogP contribution in [0.15, 0.2) is 27.5 Å². The van der Waals surface area contributed by atoms with Crippen molar-refractivity contribution in [2.45, 2.75) is 6.92 Å². The Morgan fingerprint density at radius 3 is 3.00 bits per heavy atom. The van der Waals surface area contributed by atoms with Crippen LogP contribution in [-0.4, -0.2) is 15.1 Å². The van der Waals surface area contributed by atoms with Gasteiger partial charge in [-0.2, -0.15) is 16.3 Å². The number of thiazole rings is 1. The van der Waals surface area contributed by atoms with Crippen LogP contribution in [-0.2, 0) is 0 Å². The molecule has 80 valence electrons. The van der Waals surface area contributed by atoms with Crippen molar-refractivity contribution in [3.63, 3.8) is 0 Å². The number of aromatic nitrogens is 3. The van der Waals surface area contributed by atoms with Gasteiger partial charge in [0.2, 0.25) is 5.82 Å². The highest BCUT2D eigenvalue weighted by atomic mass is 32.1. The lowest BCUT2D eigenvalue weighted by Gasteiger charge is -1.83. The first-order valence-electron chi connectivity index (χ1n) is 4.62. The predicted molar refractivity (Wildman–Crippen MR) is 63.5 cm³/mol. The highest BCUT2D eigenvalue weighted by molar-refractivity contribution is 7.14. The molecule has 0 aliphatic rings. The molecule has 0 radical (unpaired) electrons. The van der Waals surface area contributed by atoms with Crippen LogP contribution in [0.25, 0.3) is 22.2 Å². The number of thiophene rings is 1. The second kappa shape index (κ2) is 3.80. The summed E-state index contributed by atoms with van der Waals surface area (Å²) in [4.78, 5) is 9.40. The summed E-state index contributed by atoms with van der Waals surface area (Å²) < 4.78 is 5.20. The standard InChI is InChI=1S/C10H7N3OS2/c1-6-11-4-8(16-6)10-12-9(13-14-10)7-2-3-15-5-7/h2-5H,1H3. The smallest absolute Gasteiger partial charge is 0.269 e. The minimum atomic E-state index is 0.534. The van der Waals surface area contributed by atoms with Crippen LogP contribution in [0.4, 0.5) is 0 Å². The van der Waals surface area contributed by atoms with E-state index in [1.54, 1.807) is 28.9 Å². The molecular weight excluding hydrogens is 242 g/mol. The molecule has 6 heteroatoms. The first kappa shape index (κ1) is 9.68. The third-order valence-electron chi connectivity index (χ3n) is 2.04. The van der Waals surface area contributed by atoms with Crippen LogP contribution >= 0.6 is 22.7 Å². The van der Waals surface area contributed by atoms with Crippen molar-refractivity contribution in [2.24, 2.45) is 0 Å². The molecule has 0 amide bonds. The number of hydrogen-bond acceptors (Lipinski definition) is 6. The molecule has 0 saturated carbocycles.